The first-order chi connectivity index (χ1) is 9.00. The first kappa shape index (κ1) is 16.0. The summed E-state index contributed by atoms with van der Waals surface area (Å²) in [6.45, 7) is 2.63. The van der Waals surface area contributed by atoms with Gasteiger partial charge in [-0.3, -0.25) is 9.59 Å². The molecule has 1 N–H and O–H groups in total. The highest BCUT2D eigenvalue weighted by molar-refractivity contribution is 5.78. The highest BCUT2D eigenvalue weighted by Gasteiger charge is 2.21. The molecule has 4 nitrogen and oxygen atoms in total. The van der Waals surface area contributed by atoms with Crippen LogP contribution in [0.15, 0.2) is 0 Å². The zero-order valence-electron chi connectivity index (χ0n) is 12.6. The number of rotatable bonds is 6. The van der Waals surface area contributed by atoms with E-state index in [1.165, 1.54) is 32.1 Å². The number of nitrogens with one attached hydrogen (secondary N) is 1. The largest absolute Gasteiger partial charge is 0.356 e. The van der Waals surface area contributed by atoms with Crippen molar-refractivity contribution in [1.82, 2.24) is 10.2 Å². The first-order valence-corrected chi connectivity index (χ1v) is 7.47. The lowest BCUT2D eigenvalue weighted by Crippen LogP contribution is -2.32. The minimum atomic E-state index is 0.0561. The first-order valence-electron chi connectivity index (χ1n) is 7.47. The summed E-state index contributed by atoms with van der Waals surface area (Å²) in [5, 5.41) is 2.85. The van der Waals surface area contributed by atoms with Gasteiger partial charge >= 0.3 is 0 Å². The second kappa shape index (κ2) is 8.18. The Labute approximate surface area is 116 Å². The fourth-order valence-corrected chi connectivity index (χ4v) is 2.77. The van der Waals surface area contributed by atoms with Gasteiger partial charge < -0.3 is 10.2 Å². The summed E-state index contributed by atoms with van der Waals surface area (Å²) in [4.78, 5) is 24.7. The highest BCUT2D eigenvalue weighted by Crippen LogP contribution is 2.31. The van der Waals surface area contributed by atoms with Gasteiger partial charge in [0.15, 0.2) is 0 Å². The van der Waals surface area contributed by atoms with Gasteiger partial charge in [0.25, 0.3) is 0 Å². The number of hydrogen-bond acceptors (Lipinski definition) is 2. The Bertz CT molecular complexity index is 297. The van der Waals surface area contributed by atoms with E-state index in [1.54, 1.807) is 19.0 Å². The number of carbonyl (C=O) groups is 2. The third-order valence-electron chi connectivity index (χ3n) is 4.12. The van der Waals surface area contributed by atoms with E-state index in [4.69, 9.17) is 0 Å². The van der Waals surface area contributed by atoms with Crippen molar-refractivity contribution in [2.24, 2.45) is 11.8 Å². The predicted molar refractivity (Wildman–Crippen MR) is 76.7 cm³/mol. The minimum absolute atomic E-state index is 0.0561. The SMILES string of the molecule is C[C@H](CC(=O)NCCC(=O)N(C)C)C1CCCCC1. The lowest BCUT2D eigenvalue weighted by atomic mass is 9.79. The Kier molecular flexibility index (Phi) is 6.89. The molecule has 110 valence electrons. The van der Waals surface area contributed by atoms with Gasteiger partial charge in [-0.2, -0.15) is 0 Å². The van der Waals surface area contributed by atoms with Crippen LogP contribution in [-0.4, -0.2) is 37.4 Å². The summed E-state index contributed by atoms with van der Waals surface area (Å²) < 4.78 is 0. The van der Waals surface area contributed by atoms with Crippen LogP contribution in [0.5, 0.6) is 0 Å². The van der Waals surface area contributed by atoms with Gasteiger partial charge in [0.05, 0.1) is 0 Å². The minimum Gasteiger partial charge on any atom is -0.356 e. The van der Waals surface area contributed by atoms with Crippen LogP contribution in [0.1, 0.15) is 51.9 Å². The maximum atomic E-state index is 11.8. The Morgan fingerprint density at radius 3 is 2.42 bits per heavy atom. The van der Waals surface area contributed by atoms with Gasteiger partial charge in [-0.05, 0) is 11.8 Å². The number of amides is 2. The molecule has 0 aromatic rings. The third-order valence-corrected chi connectivity index (χ3v) is 4.12. The highest BCUT2D eigenvalue weighted by atomic mass is 16.2. The quantitative estimate of drug-likeness (QED) is 0.802. The number of nitrogens with zero attached hydrogens (tertiary/aromatic N) is 1. The number of carbonyl (C=O) groups excluding carboxylic acids is 2. The smallest absolute Gasteiger partial charge is 0.223 e. The van der Waals surface area contributed by atoms with Crippen molar-refractivity contribution in [3.63, 3.8) is 0 Å². The molecule has 1 aliphatic carbocycles. The van der Waals surface area contributed by atoms with Gasteiger partial charge in [0.1, 0.15) is 0 Å². The maximum absolute atomic E-state index is 11.8. The second-order valence-electron chi connectivity index (χ2n) is 5.97. The van der Waals surface area contributed by atoms with Crippen molar-refractivity contribution in [3.05, 3.63) is 0 Å². The van der Waals surface area contributed by atoms with Crippen LogP contribution in [0.25, 0.3) is 0 Å². The van der Waals surface area contributed by atoms with E-state index < -0.39 is 0 Å². The Morgan fingerprint density at radius 1 is 1.21 bits per heavy atom. The van der Waals surface area contributed by atoms with Crippen molar-refractivity contribution >= 4 is 11.8 Å². The molecular formula is C15H28N2O2. The lowest BCUT2D eigenvalue weighted by Gasteiger charge is -2.27. The fourth-order valence-electron chi connectivity index (χ4n) is 2.77. The van der Waals surface area contributed by atoms with E-state index in [0.717, 1.165) is 0 Å². The van der Waals surface area contributed by atoms with Crippen LogP contribution >= 0.6 is 0 Å². The summed E-state index contributed by atoms with van der Waals surface area (Å²) in [6.07, 6.45) is 7.50. The molecule has 1 atom stereocenters. The van der Waals surface area contributed by atoms with E-state index in [1.807, 2.05) is 0 Å². The Balaban J connectivity index is 2.17. The van der Waals surface area contributed by atoms with E-state index in [9.17, 15) is 9.59 Å². The zero-order chi connectivity index (χ0) is 14.3. The average molecular weight is 268 g/mol. The fraction of sp³-hybridized carbons (Fsp3) is 0.867. The molecule has 0 spiro atoms. The van der Waals surface area contributed by atoms with Gasteiger partial charge in [0, 0.05) is 33.5 Å². The third kappa shape index (κ3) is 6.08. The van der Waals surface area contributed by atoms with Crippen molar-refractivity contribution in [2.75, 3.05) is 20.6 Å². The van der Waals surface area contributed by atoms with E-state index in [0.29, 0.717) is 31.2 Å². The summed E-state index contributed by atoms with van der Waals surface area (Å²) in [7, 11) is 3.46. The summed E-state index contributed by atoms with van der Waals surface area (Å²) >= 11 is 0. The van der Waals surface area contributed by atoms with E-state index >= 15 is 0 Å². The summed E-state index contributed by atoms with van der Waals surface area (Å²) in [6, 6.07) is 0. The average Bonchev–Trinajstić information content (AvgIpc) is 2.39. The molecule has 0 saturated heterocycles. The van der Waals surface area contributed by atoms with Crippen LogP contribution < -0.4 is 5.32 Å². The molecule has 4 heteroatoms. The standard InChI is InChI=1S/C15H28N2O2/c1-12(13-7-5-4-6-8-13)11-14(18)16-10-9-15(19)17(2)3/h12-13H,4-11H2,1-3H3,(H,16,18)/t12-/m1/s1. The second-order valence-corrected chi connectivity index (χ2v) is 5.97. The Morgan fingerprint density at radius 2 is 1.84 bits per heavy atom. The molecular weight excluding hydrogens is 240 g/mol. The van der Waals surface area contributed by atoms with E-state index in [-0.39, 0.29) is 11.8 Å². The monoisotopic (exact) mass is 268 g/mol. The molecule has 0 bridgehead atoms. The van der Waals surface area contributed by atoms with Crippen molar-refractivity contribution in [3.8, 4) is 0 Å². The van der Waals surface area contributed by atoms with Crippen LogP contribution in [0.3, 0.4) is 0 Å². The van der Waals surface area contributed by atoms with Crippen LogP contribution in [-0.2, 0) is 9.59 Å². The zero-order valence-corrected chi connectivity index (χ0v) is 12.6. The van der Waals surface area contributed by atoms with Gasteiger partial charge in [0.2, 0.25) is 11.8 Å². The van der Waals surface area contributed by atoms with Gasteiger partial charge in [-0.1, -0.05) is 39.0 Å². The molecule has 0 aliphatic heterocycles. The molecule has 0 unspecified atom stereocenters. The molecule has 0 aromatic heterocycles. The molecule has 0 heterocycles. The molecule has 2 amide bonds. The lowest BCUT2D eigenvalue weighted by molar-refractivity contribution is -0.128. The van der Waals surface area contributed by atoms with E-state index in [2.05, 4.69) is 12.2 Å². The summed E-state index contributed by atoms with van der Waals surface area (Å²) in [5.41, 5.74) is 0. The van der Waals surface area contributed by atoms with Crippen LogP contribution in [0, 0.1) is 11.8 Å². The molecule has 0 aromatic carbocycles. The van der Waals surface area contributed by atoms with Gasteiger partial charge in [-0.15, -0.1) is 0 Å². The van der Waals surface area contributed by atoms with Gasteiger partial charge in [-0.25, -0.2) is 0 Å². The topological polar surface area (TPSA) is 49.4 Å². The number of hydrogen-bond donors (Lipinski definition) is 1. The molecule has 1 rings (SSSR count). The van der Waals surface area contributed by atoms with Crippen molar-refractivity contribution < 1.29 is 9.59 Å². The maximum Gasteiger partial charge on any atom is 0.223 e. The molecule has 19 heavy (non-hydrogen) atoms. The van der Waals surface area contributed by atoms with Crippen LogP contribution in [0.4, 0.5) is 0 Å². The predicted octanol–water partition coefficient (Wildman–Crippen LogP) is 2.19. The normalized spacial score (nSPS) is 17.8. The molecule has 0 radical (unpaired) electrons. The van der Waals surface area contributed by atoms with Crippen molar-refractivity contribution in [1.29, 1.82) is 0 Å². The summed E-state index contributed by atoms with van der Waals surface area (Å²) in [5.74, 6) is 1.32. The molecule has 1 aliphatic rings. The van der Waals surface area contributed by atoms with Crippen LogP contribution in [0.2, 0.25) is 0 Å². The molecule has 1 saturated carbocycles. The Hall–Kier alpha value is -1.06. The molecule has 1 fully saturated rings. The van der Waals surface area contributed by atoms with Crippen molar-refractivity contribution in [2.45, 2.75) is 51.9 Å².